The molecular formula is C10H22N. The van der Waals surface area contributed by atoms with Crippen molar-refractivity contribution in [2.75, 3.05) is 19.6 Å². The molecule has 0 saturated carbocycles. The third-order valence-corrected chi connectivity index (χ3v) is 1.77. The topological polar surface area (TPSA) is 3.24 Å². The molecule has 1 radical (unpaired) electrons. The average molecular weight is 156 g/mol. The van der Waals surface area contributed by atoms with E-state index in [2.05, 4.69) is 32.6 Å². The molecule has 0 amide bonds. The van der Waals surface area contributed by atoms with Crippen molar-refractivity contribution < 1.29 is 0 Å². The maximum Gasteiger partial charge on any atom is 0.000438 e. The van der Waals surface area contributed by atoms with E-state index in [1.807, 2.05) is 0 Å². The van der Waals surface area contributed by atoms with Crippen LogP contribution in [0.3, 0.4) is 0 Å². The second-order valence-electron chi connectivity index (χ2n) is 3.55. The van der Waals surface area contributed by atoms with Crippen molar-refractivity contribution in [2.24, 2.45) is 5.92 Å². The van der Waals surface area contributed by atoms with Gasteiger partial charge in [-0.05, 0) is 32.4 Å². The minimum absolute atomic E-state index is 0.772. The Morgan fingerprint density at radius 1 is 1.36 bits per heavy atom. The van der Waals surface area contributed by atoms with Crippen molar-refractivity contribution in [3.63, 3.8) is 0 Å². The van der Waals surface area contributed by atoms with Crippen LogP contribution in [0.4, 0.5) is 0 Å². The van der Waals surface area contributed by atoms with Crippen LogP contribution in [0.15, 0.2) is 0 Å². The lowest BCUT2D eigenvalue weighted by Crippen LogP contribution is -2.28. The van der Waals surface area contributed by atoms with Gasteiger partial charge in [0.25, 0.3) is 0 Å². The highest BCUT2D eigenvalue weighted by molar-refractivity contribution is 4.60. The molecule has 0 bridgehead atoms. The first kappa shape index (κ1) is 11.0. The largest absolute Gasteiger partial charge is 0.303 e. The fourth-order valence-electron chi connectivity index (χ4n) is 1.19. The van der Waals surface area contributed by atoms with E-state index in [9.17, 15) is 0 Å². The van der Waals surface area contributed by atoms with Crippen LogP contribution in [0.5, 0.6) is 0 Å². The average Bonchev–Trinajstić information content (AvgIpc) is 1.97. The van der Waals surface area contributed by atoms with Gasteiger partial charge in [-0.25, -0.2) is 0 Å². The smallest absolute Gasteiger partial charge is 0.000438 e. The van der Waals surface area contributed by atoms with Gasteiger partial charge >= 0.3 is 0 Å². The SMILES string of the molecule is [CH2]CN(CCCC)CC(C)C. The molecule has 0 unspecified atom stereocenters. The predicted molar refractivity (Wildman–Crippen MR) is 51.5 cm³/mol. The van der Waals surface area contributed by atoms with E-state index in [-0.39, 0.29) is 0 Å². The lowest BCUT2D eigenvalue weighted by molar-refractivity contribution is 0.263. The molecule has 0 saturated heterocycles. The highest BCUT2D eigenvalue weighted by Gasteiger charge is 2.02. The zero-order valence-corrected chi connectivity index (χ0v) is 8.27. The molecule has 0 aliphatic rings. The molecule has 0 fully saturated rings. The van der Waals surface area contributed by atoms with Gasteiger partial charge in [-0.3, -0.25) is 0 Å². The van der Waals surface area contributed by atoms with Crippen LogP contribution in [0, 0.1) is 12.8 Å². The monoisotopic (exact) mass is 156 g/mol. The van der Waals surface area contributed by atoms with Crippen LogP contribution < -0.4 is 0 Å². The lowest BCUT2D eigenvalue weighted by Gasteiger charge is -2.21. The molecule has 0 aromatic rings. The second kappa shape index (κ2) is 6.66. The summed E-state index contributed by atoms with van der Waals surface area (Å²) in [4.78, 5) is 2.42. The zero-order valence-electron chi connectivity index (χ0n) is 8.27. The van der Waals surface area contributed by atoms with Crippen molar-refractivity contribution in [1.29, 1.82) is 0 Å². The Hall–Kier alpha value is -0.0400. The van der Waals surface area contributed by atoms with E-state index in [1.165, 1.54) is 25.9 Å². The fraction of sp³-hybridized carbons (Fsp3) is 0.900. The van der Waals surface area contributed by atoms with Crippen LogP contribution in [0.1, 0.15) is 33.6 Å². The Morgan fingerprint density at radius 3 is 2.36 bits per heavy atom. The van der Waals surface area contributed by atoms with Gasteiger partial charge in [0.05, 0.1) is 0 Å². The van der Waals surface area contributed by atoms with Crippen molar-refractivity contribution in [1.82, 2.24) is 4.90 Å². The molecule has 0 aliphatic heterocycles. The fourth-order valence-corrected chi connectivity index (χ4v) is 1.19. The summed E-state index contributed by atoms with van der Waals surface area (Å²) in [5, 5.41) is 0. The molecule has 1 nitrogen and oxygen atoms in total. The Bertz CT molecular complexity index is 78.9. The Kier molecular flexibility index (Phi) is 6.63. The number of nitrogens with zero attached hydrogens (tertiary/aromatic N) is 1. The van der Waals surface area contributed by atoms with Gasteiger partial charge in [0.15, 0.2) is 0 Å². The number of unbranched alkanes of at least 4 members (excludes halogenated alkanes) is 1. The number of hydrogen-bond donors (Lipinski definition) is 0. The summed E-state index contributed by atoms with van der Waals surface area (Å²) in [5.41, 5.74) is 0. The summed E-state index contributed by atoms with van der Waals surface area (Å²) in [6.07, 6.45) is 2.59. The molecule has 0 spiro atoms. The molecule has 0 N–H and O–H groups in total. The van der Waals surface area contributed by atoms with Gasteiger partial charge in [0.1, 0.15) is 0 Å². The van der Waals surface area contributed by atoms with Gasteiger partial charge in [0.2, 0.25) is 0 Å². The van der Waals surface area contributed by atoms with Gasteiger partial charge in [-0.2, -0.15) is 0 Å². The first-order valence-corrected chi connectivity index (χ1v) is 4.72. The third-order valence-electron chi connectivity index (χ3n) is 1.77. The van der Waals surface area contributed by atoms with Gasteiger partial charge in [-0.1, -0.05) is 27.2 Å². The maximum absolute atomic E-state index is 3.92. The van der Waals surface area contributed by atoms with Crippen molar-refractivity contribution in [3.8, 4) is 0 Å². The van der Waals surface area contributed by atoms with E-state index in [1.54, 1.807) is 0 Å². The third kappa shape index (κ3) is 6.36. The van der Waals surface area contributed by atoms with Crippen LogP contribution in [-0.4, -0.2) is 24.5 Å². The molecule has 0 aromatic heterocycles. The molecule has 0 aliphatic carbocycles. The molecule has 0 rings (SSSR count). The summed E-state index contributed by atoms with van der Waals surface area (Å²) in [6, 6.07) is 0. The summed E-state index contributed by atoms with van der Waals surface area (Å²) < 4.78 is 0. The molecule has 0 atom stereocenters. The van der Waals surface area contributed by atoms with Crippen molar-refractivity contribution in [2.45, 2.75) is 33.6 Å². The molecule has 0 heterocycles. The number of rotatable bonds is 6. The van der Waals surface area contributed by atoms with Crippen LogP contribution >= 0.6 is 0 Å². The standard InChI is InChI=1S/C10H22N/c1-5-7-8-11(6-2)9-10(3)4/h10H,2,5-9H2,1,3-4H3. The quantitative estimate of drug-likeness (QED) is 0.571. The molecule has 1 heteroatoms. The van der Waals surface area contributed by atoms with Gasteiger partial charge in [0, 0.05) is 6.54 Å². The summed E-state index contributed by atoms with van der Waals surface area (Å²) in [7, 11) is 0. The van der Waals surface area contributed by atoms with Gasteiger partial charge in [-0.15, -0.1) is 0 Å². The first-order valence-electron chi connectivity index (χ1n) is 4.72. The molecule has 11 heavy (non-hydrogen) atoms. The van der Waals surface area contributed by atoms with E-state index in [4.69, 9.17) is 0 Å². The zero-order chi connectivity index (χ0) is 8.69. The van der Waals surface area contributed by atoms with Crippen molar-refractivity contribution >= 4 is 0 Å². The highest BCUT2D eigenvalue weighted by atomic mass is 15.1. The summed E-state index contributed by atoms with van der Waals surface area (Å²) in [6.45, 7) is 14.0. The normalized spacial score (nSPS) is 11.5. The van der Waals surface area contributed by atoms with E-state index in [0.717, 1.165) is 12.5 Å². The predicted octanol–water partition coefficient (Wildman–Crippen LogP) is 2.58. The Balaban J connectivity index is 3.41. The van der Waals surface area contributed by atoms with E-state index in [0.29, 0.717) is 0 Å². The Labute approximate surface area is 71.8 Å². The minimum atomic E-state index is 0.772. The maximum atomic E-state index is 3.92. The summed E-state index contributed by atoms with van der Waals surface area (Å²) >= 11 is 0. The van der Waals surface area contributed by atoms with Crippen LogP contribution in [0.25, 0.3) is 0 Å². The van der Waals surface area contributed by atoms with E-state index < -0.39 is 0 Å². The molecule has 0 aromatic carbocycles. The Morgan fingerprint density at radius 2 is 2.00 bits per heavy atom. The summed E-state index contributed by atoms with van der Waals surface area (Å²) in [5.74, 6) is 0.772. The first-order chi connectivity index (χ1) is 5.20. The lowest BCUT2D eigenvalue weighted by atomic mass is 10.2. The molecular weight excluding hydrogens is 134 g/mol. The highest BCUT2D eigenvalue weighted by Crippen LogP contribution is 2.00. The number of hydrogen-bond acceptors (Lipinski definition) is 1. The molecule has 67 valence electrons. The second-order valence-corrected chi connectivity index (χ2v) is 3.55. The van der Waals surface area contributed by atoms with Crippen LogP contribution in [-0.2, 0) is 0 Å². The van der Waals surface area contributed by atoms with Crippen LogP contribution in [0.2, 0.25) is 0 Å². The minimum Gasteiger partial charge on any atom is -0.303 e. The van der Waals surface area contributed by atoms with Crippen molar-refractivity contribution in [3.05, 3.63) is 6.92 Å². The van der Waals surface area contributed by atoms with Gasteiger partial charge < -0.3 is 4.90 Å². The van der Waals surface area contributed by atoms with E-state index >= 15 is 0 Å².